The number of β-amino-alcohol motifs (C(OH)–C–C–N with tert-alkyl or cyclic N) is 1. The van der Waals surface area contributed by atoms with Crippen molar-refractivity contribution in [2.45, 2.75) is 38.6 Å². The molecule has 3 unspecified atom stereocenters. The summed E-state index contributed by atoms with van der Waals surface area (Å²) in [6.07, 6.45) is 1.58. The van der Waals surface area contributed by atoms with E-state index in [1.165, 1.54) is 17.9 Å². The minimum Gasteiger partial charge on any atom is -0.390 e. The summed E-state index contributed by atoms with van der Waals surface area (Å²) < 4.78 is 5.73. The van der Waals surface area contributed by atoms with Gasteiger partial charge in [0.1, 0.15) is 0 Å². The molecule has 2 rings (SSSR count). The largest absolute Gasteiger partial charge is 0.390 e. The van der Waals surface area contributed by atoms with E-state index in [0.29, 0.717) is 0 Å². The van der Waals surface area contributed by atoms with E-state index in [0.717, 1.165) is 39.3 Å². The van der Waals surface area contributed by atoms with E-state index in [4.69, 9.17) is 4.74 Å². The van der Waals surface area contributed by atoms with Crippen molar-refractivity contribution in [3.05, 3.63) is 0 Å². The number of hydrogen-bond acceptors (Lipinski definition) is 5. The quantitative estimate of drug-likeness (QED) is 0.831. The number of hydrogen-bond donors (Lipinski definition) is 1. The smallest absolute Gasteiger partial charge is 0.0793 e. The van der Waals surface area contributed by atoms with Gasteiger partial charge < -0.3 is 9.84 Å². The van der Waals surface area contributed by atoms with Gasteiger partial charge in [0.25, 0.3) is 0 Å². The number of ether oxygens (including phenoxy) is 1. The van der Waals surface area contributed by atoms with E-state index < -0.39 is 0 Å². The summed E-state index contributed by atoms with van der Waals surface area (Å²) in [5.41, 5.74) is 0. The van der Waals surface area contributed by atoms with Crippen LogP contribution in [0.3, 0.4) is 0 Å². The Morgan fingerprint density at radius 2 is 1.79 bits per heavy atom. The zero-order valence-corrected chi connectivity index (χ0v) is 13.1. The Morgan fingerprint density at radius 1 is 1.11 bits per heavy atom. The molecule has 0 spiro atoms. The Balaban J connectivity index is 1.72. The van der Waals surface area contributed by atoms with Crippen molar-refractivity contribution >= 4 is 11.8 Å². The van der Waals surface area contributed by atoms with Crippen molar-refractivity contribution in [1.29, 1.82) is 0 Å². The van der Waals surface area contributed by atoms with E-state index in [9.17, 15) is 5.11 Å². The topological polar surface area (TPSA) is 35.9 Å². The van der Waals surface area contributed by atoms with Crippen molar-refractivity contribution < 1.29 is 9.84 Å². The molecule has 0 amide bonds. The fraction of sp³-hybridized carbons (Fsp3) is 1.00. The van der Waals surface area contributed by atoms with Crippen LogP contribution in [-0.4, -0.2) is 84.0 Å². The molecule has 2 aliphatic heterocycles. The summed E-state index contributed by atoms with van der Waals surface area (Å²) >= 11 is 2.03. The monoisotopic (exact) mass is 288 g/mol. The number of aliphatic hydroxyl groups excluding tert-OH is 1. The molecule has 2 heterocycles. The molecule has 19 heavy (non-hydrogen) atoms. The van der Waals surface area contributed by atoms with Crippen LogP contribution in [0, 0.1) is 0 Å². The van der Waals surface area contributed by atoms with E-state index in [1.54, 1.807) is 0 Å². The standard InChI is InChI=1S/C14H28N2O2S/c1-12-8-16(9-13(2)18-12)11-14(17)10-15-4-3-6-19-7-5-15/h12-14,17H,3-11H2,1-2H3. The van der Waals surface area contributed by atoms with E-state index >= 15 is 0 Å². The second-order valence-electron chi connectivity index (χ2n) is 5.90. The second-order valence-corrected chi connectivity index (χ2v) is 7.12. The third kappa shape index (κ3) is 5.60. The molecule has 0 aromatic rings. The SMILES string of the molecule is CC1CN(CC(O)CN2CCCSCC2)CC(C)O1. The molecule has 0 aromatic heterocycles. The zero-order chi connectivity index (χ0) is 13.7. The van der Waals surface area contributed by atoms with Crippen molar-refractivity contribution in [3.63, 3.8) is 0 Å². The molecule has 2 aliphatic rings. The number of morpholine rings is 1. The molecule has 1 N–H and O–H groups in total. The molecule has 0 radical (unpaired) electrons. The van der Waals surface area contributed by atoms with Crippen LogP contribution in [0.15, 0.2) is 0 Å². The molecule has 0 aromatic carbocycles. The number of thioether (sulfide) groups is 1. The van der Waals surface area contributed by atoms with E-state index in [1.807, 2.05) is 11.8 Å². The van der Waals surface area contributed by atoms with Crippen LogP contribution in [-0.2, 0) is 4.74 Å². The van der Waals surface area contributed by atoms with Gasteiger partial charge in [0.05, 0.1) is 18.3 Å². The molecular weight excluding hydrogens is 260 g/mol. The summed E-state index contributed by atoms with van der Waals surface area (Å²) in [5.74, 6) is 2.48. The zero-order valence-electron chi connectivity index (χ0n) is 12.3. The van der Waals surface area contributed by atoms with Crippen molar-refractivity contribution in [1.82, 2.24) is 9.80 Å². The first-order valence-electron chi connectivity index (χ1n) is 7.49. The lowest BCUT2D eigenvalue weighted by molar-refractivity contribution is -0.0779. The lowest BCUT2D eigenvalue weighted by atomic mass is 10.2. The van der Waals surface area contributed by atoms with Gasteiger partial charge in [-0.15, -0.1) is 0 Å². The van der Waals surface area contributed by atoms with Gasteiger partial charge in [-0.05, 0) is 32.6 Å². The first-order chi connectivity index (χ1) is 9.13. The maximum Gasteiger partial charge on any atom is 0.0793 e. The summed E-state index contributed by atoms with van der Waals surface area (Å²) in [5, 5.41) is 10.3. The average Bonchev–Trinajstić information content (AvgIpc) is 2.55. The predicted molar refractivity (Wildman–Crippen MR) is 80.8 cm³/mol. The van der Waals surface area contributed by atoms with Crippen LogP contribution in [0.25, 0.3) is 0 Å². The van der Waals surface area contributed by atoms with Gasteiger partial charge in [0, 0.05) is 38.5 Å². The summed E-state index contributed by atoms with van der Waals surface area (Å²) in [6.45, 7) is 9.97. The molecule has 0 saturated carbocycles. The third-order valence-electron chi connectivity index (χ3n) is 3.75. The Labute approximate surface area is 121 Å². The molecule has 2 saturated heterocycles. The summed E-state index contributed by atoms with van der Waals surface area (Å²) in [4.78, 5) is 4.76. The highest BCUT2D eigenvalue weighted by atomic mass is 32.2. The normalized spacial score (nSPS) is 33.0. The average molecular weight is 288 g/mol. The first kappa shape index (κ1) is 15.6. The summed E-state index contributed by atoms with van der Waals surface area (Å²) in [7, 11) is 0. The number of nitrogens with zero attached hydrogens (tertiary/aromatic N) is 2. The fourth-order valence-electron chi connectivity index (χ4n) is 3.07. The highest BCUT2D eigenvalue weighted by molar-refractivity contribution is 7.99. The van der Waals surface area contributed by atoms with Gasteiger partial charge >= 0.3 is 0 Å². The maximum absolute atomic E-state index is 10.3. The van der Waals surface area contributed by atoms with Crippen molar-refractivity contribution in [3.8, 4) is 0 Å². The van der Waals surface area contributed by atoms with Gasteiger partial charge in [-0.1, -0.05) is 0 Å². The minimum absolute atomic E-state index is 0.236. The molecule has 5 heteroatoms. The highest BCUT2D eigenvalue weighted by Gasteiger charge is 2.24. The van der Waals surface area contributed by atoms with Crippen LogP contribution in [0.2, 0.25) is 0 Å². The van der Waals surface area contributed by atoms with Crippen LogP contribution in [0.1, 0.15) is 20.3 Å². The highest BCUT2D eigenvalue weighted by Crippen LogP contribution is 2.13. The molecule has 3 atom stereocenters. The third-order valence-corrected chi connectivity index (χ3v) is 4.80. The van der Waals surface area contributed by atoms with Gasteiger partial charge in [-0.25, -0.2) is 0 Å². The summed E-state index contributed by atoms with van der Waals surface area (Å²) in [6, 6.07) is 0. The first-order valence-corrected chi connectivity index (χ1v) is 8.65. The Hall–Kier alpha value is 0.190. The Kier molecular flexibility index (Phi) is 6.42. The van der Waals surface area contributed by atoms with E-state index in [-0.39, 0.29) is 18.3 Å². The Morgan fingerprint density at radius 3 is 2.53 bits per heavy atom. The van der Waals surface area contributed by atoms with E-state index in [2.05, 4.69) is 23.6 Å². The number of rotatable bonds is 4. The Bertz CT molecular complexity index is 250. The lowest BCUT2D eigenvalue weighted by Gasteiger charge is -2.37. The van der Waals surface area contributed by atoms with Crippen LogP contribution < -0.4 is 0 Å². The van der Waals surface area contributed by atoms with Crippen molar-refractivity contribution in [2.24, 2.45) is 0 Å². The number of aliphatic hydroxyl groups is 1. The van der Waals surface area contributed by atoms with Gasteiger partial charge in [-0.2, -0.15) is 11.8 Å². The minimum atomic E-state index is -0.236. The van der Waals surface area contributed by atoms with Crippen LogP contribution in [0.4, 0.5) is 0 Å². The molecular formula is C14H28N2O2S. The maximum atomic E-state index is 10.3. The molecule has 4 nitrogen and oxygen atoms in total. The molecule has 0 bridgehead atoms. The predicted octanol–water partition coefficient (Wildman–Crippen LogP) is 0.895. The second kappa shape index (κ2) is 7.84. The molecule has 2 fully saturated rings. The van der Waals surface area contributed by atoms with Crippen LogP contribution in [0.5, 0.6) is 0 Å². The van der Waals surface area contributed by atoms with Gasteiger partial charge in [0.15, 0.2) is 0 Å². The van der Waals surface area contributed by atoms with Gasteiger partial charge in [-0.3, -0.25) is 9.80 Å². The van der Waals surface area contributed by atoms with Gasteiger partial charge in [0.2, 0.25) is 0 Å². The lowest BCUT2D eigenvalue weighted by Crippen LogP contribution is -2.49. The molecule has 112 valence electrons. The molecule has 0 aliphatic carbocycles. The van der Waals surface area contributed by atoms with Crippen molar-refractivity contribution in [2.75, 3.05) is 50.8 Å². The fourth-order valence-corrected chi connectivity index (χ4v) is 3.99. The van der Waals surface area contributed by atoms with Crippen LogP contribution >= 0.6 is 11.8 Å².